The maximum Gasteiger partial charge on any atom is 0.330 e. The molecule has 0 aliphatic rings. The molecule has 22 heavy (non-hydrogen) atoms. The molecule has 0 saturated heterocycles. The summed E-state index contributed by atoms with van der Waals surface area (Å²) in [5.41, 5.74) is 1.87. The molecule has 0 fully saturated rings. The van der Waals surface area contributed by atoms with Crippen LogP contribution in [0.2, 0.25) is 0 Å². The van der Waals surface area contributed by atoms with E-state index in [9.17, 15) is 4.79 Å². The van der Waals surface area contributed by atoms with Crippen molar-refractivity contribution in [2.75, 3.05) is 14.2 Å². The van der Waals surface area contributed by atoms with Gasteiger partial charge < -0.3 is 14.2 Å². The standard InChI is InChI=1S/C18H18O4/c1-20-17-12-16(22-13-14-6-4-3-5-7-14)10-8-15(17)9-11-18(19)21-2/h3-12H,13H2,1-2H3/b11-9+. The van der Waals surface area contributed by atoms with Gasteiger partial charge in [-0.15, -0.1) is 0 Å². The fraction of sp³-hybridized carbons (Fsp3) is 0.167. The average molecular weight is 298 g/mol. The minimum absolute atomic E-state index is 0.411. The second-order valence-electron chi connectivity index (χ2n) is 4.53. The van der Waals surface area contributed by atoms with Gasteiger partial charge in [0.25, 0.3) is 0 Å². The average Bonchev–Trinajstić information content (AvgIpc) is 2.58. The Balaban J connectivity index is 2.08. The van der Waals surface area contributed by atoms with Crippen molar-refractivity contribution in [3.05, 3.63) is 65.7 Å². The Kier molecular flexibility index (Phi) is 5.60. The second-order valence-corrected chi connectivity index (χ2v) is 4.53. The largest absolute Gasteiger partial charge is 0.496 e. The summed E-state index contributed by atoms with van der Waals surface area (Å²) in [5, 5.41) is 0. The van der Waals surface area contributed by atoms with Crippen LogP contribution in [0.15, 0.2) is 54.6 Å². The Morgan fingerprint density at radius 2 is 1.86 bits per heavy atom. The van der Waals surface area contributed by atoms with E-state index in [0.717, 1.165) is 11.1 Å². The van der Waals surface area contributed by atoms with E-state index in [1.807, 2.05) is 42.5 Å². The lowest BCUT2D eigenvalue weighted by Crippen LogP contribution is -1.97. The Hall–Kier alpha value is -2.75. The predicted molar refractivity (Wildman–Crippen MR) is 84.8 cm³/mol. The molecule has 0 saturated carbocycles. The SMILES string of the molecule is COC(=O)/C=C/c1ccc(OCc2ccccc2)cc1OC. The highest BCUT2D eigenvalue weighted by Crippen LogP contribution is 2.26. The number of ether oxygens (including phenoxy) is 3. The van der Waals surface area contributed by atoms with Crippen molar-refractivity contribution in [1.82, 2.24) is 0 Å². The number of methoxy groups -OCH3 is 2. The third-order valence-electron chi connectivity index (χ3n) is 3.05. The molecule has 0 atom stereocenters. The highest BCUT2D eigenvalue weighted by Gasteiger charge is 2.04. The Morgan fingerprint density at radius 3 is 2.55 bits per heavy atom. The van der Waals surface area contributed by atoms with E-state index in [2.05, 4.69) is 4.74 Å². The van der Waals surface area contributed by atoms with Crippen LogP contribution in [0.25, 0.3) is 6.08 Å². The predicted octanol–water partition coefficient (Wildman–Crippen LogP) is 3.46. The van der Waals surface area contributed by atoms with Crippen LogP contribution in [0, 0.1) is 0 Å². The molecule has 0 aromatic heterocycles. The normalized spacial score (nSPS) is 10.5. The molecule has 0 unspecified atom stereocenters. The molecule has 4 heteroatoms. The van der Waals surface area contributed by atoms with Crippen LogP contribution in [-0.4, -0.2) is 20.2 Å². The van der Waals surface area contributed by atoms with Crippen molar-refractivity contribution >= 4 is 12.0 Å². The van der Waals surface area contributed by atoms with Crippen molar-refractivity contribution in [1.29, 1.82) is 0 Å². The summed E-state index contributed by atoms with van der Waals surface area (Å²) in [7, 11) is 2.91. The van der Waals surface area contributed by atoms with Crippen molar-refractivity contribution < 1.29 is 19.0 Å². The zero-order valence-corrected chi connectivity index (χ0v) is 12.6. The van der Waals surface area contributed by atoms with Gasteiger partial charge in [-0.2, -0.15) is 0 Å². The van der Waals surface area contributed by atoms with Crippen molar-refractivity contribution in [2.24, 2.45) is 0 Å². The van der Waals surface area contributed by atoms with E-state index in [1.165, 1.54) is 13.2 Å². The van der Waals surface area contributed by atoms with Gasteiger partial charge in [0.15, 0.2) is 0 Å². The van der Waals surface area contributed by atoms with Crippen molar-refractivity contribution in [3.63, 3.8) is 0 Å². The van der Waals surface area contributed by atoms with Crippen LogP contribution in [-0.2, 0) is 16.1 Å². The van der Waals surface area contributed by atoms with Gasteiger partial charge in [-0.05, 0) is 23.8 Å². The molecule has 2 aromatic carbocycles. The summed E-state index contributed by atoms with van der Waals surface area (Å²) in [5.74, 6) is 0.924. The molecule has 2 aromatic rings. The van der Waals surface area contributed by atoms with Gasteiger partial charge in [-0.25, -0.2) is 4.79 Å². The van der Waals surface area contributed by atoms with Gasteiger partial charge in [0.05, 0.1) is 14.2 Å². The minimum Gasteiger partial charge on any atom is -0.496 e. The number of carbonyl (C=O) groups is 1. The Morgan fingerprint density at radius 1 is 1.09 bits per heavy atom. The summed E-state index contributed by atoms with van der Waals surface area (Å²) in [6.45, 7) is 0.487. The number of carbonyl (C=O) groups excluding carboxylic acids is 1. The van der Waals surface area contributed by atoms with E-state index in [4.69, 9.17) is 9.47 Å². The molecule has 0 N–H and O–H groups in total. The lowest BCUT2D eigenvalue weighted by atomic mass is 10.1. The summed E-state index contributed by atoms with van der Waals surface area (Å²) >= 11 is 0. The molecule has 0 heterocycles. The number of hydrogen-bond donors (Lipinski definition) is 0. The van der Waals surface area contributed by atoms with Gasteiger partial charge in [-0.1, -0.05) is 30.3 Å². The van der Waals surface area contributed by atoms with Gasteiger partial charge in [-0.3, -0.25) is 0 Å². The minimum atomic E-state index is -0.411. The molecule has 0 bridgehead atoms. The van der Waals surface area contributed by atoms with Gasteiger partial charge in [0.2, 0.25) is 0 Å². The first-order valence-electron chi connectivity index (χ1n) is 6.83. The van der Waals surface area contributed by atoms with Crippen molar-refractivity contribution in [2.45, 2.75) is 6.61 Å². The Labute approximate surface area is 129 Å². The maximum atomic E-state index is 11.1. The lowest BCUT2D eigenvalue weighted by Gasteiger charge is -2.10. The first-order chi connectivity index (χ1) is 10.7. The number of rotatable bonds is 6. The first kappa shape index (κ1) is 15.6. The van der Waals surface area contributed by atoms with Crippen LogP contribution < -0.4 is 9.47 Å². The topological polar surface area (TPSA) is 44.8 Å². The zero-order chi connectivity index (χ0) is 15.8. The second kappa shape index (κ2) is 7.88. The monoisotopic (exact) mass is 298 g/mol. The number of esters is 1. The molecular formula is C18H18O4. The molecular weight excluding hydrogens is 280 g/mol. The van der Waals surface area contributed by atoms with Crippen LogP contribution in [0.4, 0.5) is 0 Å². The number of hydrogen-bond acceptors (Lipinski definition) is 4. The van der Waals surface area contributed by atoms with E-state index in [0.29, 0.717) is 18.1 Å². The highest BCUT2D eigenvalue weighted by atomic mass is 16.5. The van der Waals surface area contributed by atoms with E-state index in [1.54, 1.807) is 19.3 Å². The highest BCUT2D eigenvalue weighted by molar-refractivity contribution is 5.87. The first-order valence-corrected chi connectivity index (χ1v) is 6.83. The Bertz CT molecular complexity index is 647. The molecule has 4 nitrogen and oxygen atoms in total. The fourth-order valence-electron chi connectivity index (χ4n) is 1.89. The summed E-state index contributed by atoms with van der Waals surface area (Å²) in [6.07, 6.45) is 2.99. The molecule has 2 rings (SSSR count). The quantitative estimate of drug-likeness (QED) is 0.605. The third-order valence-corrected chi connectivity index (χ3v) is 3.05. The molecule has 0 aliphatic carbocycles. The smallest absolute Gasteiger partial charge is 0.330 e. The fourth-order valence-corrected chi connectivity index (χ4v) is 1.89. The van der Waals surface area contributed by atoms with E-state index < -0.39 is 5.97 Å². The van der Waals surface area contributed by atoms with Crippen LogP contribution >= 0.6 is 0 Å². The maximum absolute atomic E-state index is 11.1. The van der Waals surface area contributed by atoms with Crippen LogP contribution in [0.1, 0.15) is 11.1 Å². The van der Waals surface area contributed by atoms with Gasteiger partial charge >= 0.3 is 5.97 Å². The summed E-state index contributed by atoms with van der Waals surface area (Å²) in [4.78, 5) is 11.1. The lowest BCUT2D eigenvalue weighted by molar-refractivity contribution is -0.134. The summed E-state index contributed by atoms with van der Waals surface area (Å²) in [6, 6.07) is 15.4. The molecule has 0 amide bonds. The molecule has 0 radical (unpaired) electrons. The molecule has 114 valence electrons. The van der Waals surface area contributed by atoms with Crippen molar-refractivity contribution in [3.8, 4) is 11.5 Å². The summed E-state index contributed by atoms with van der Waals surface area (Å²) < 4.78 is 15.6. The van der Waals surface area contributed by atoms with E-state index in [-0.39, 0.29) is 0 Å². The third kappa shape index (κ3) is 4.38. The molecule has 0 aliphatic heterocycles. The van der Waals surface area contributed by atoms with Gasteiger partial charge in [0.1, 0.15) is 18.1 Å². The number of benzene rings is 2. The van der Waals surface area contributed by atoms with Crippen LogP contribution in [0.3, 0.4) is 0 Å². The van der Waals surface area contributed by atoms with E-state index >= 15 is 0 Å². The van der Waals surface area contributed by atoms with Gasteiger partial charge in [0, 0.05) is 17.7 Å². The zero-order valence-electron chi connectivity index (χ0n) is 12.6. The molecule has 0 spiro atoms. The van der Waals surface area contributed by atoms with Crippen LogP contribution in [0.5, 0.6) is 11.5 Å².